The first-order valence-corrected chi connectivity index (χ1v) is 6.17. The summed E-state index contributed by atoms with van der Waals surface area (Å²) in [5.41, 5.74) is 0.295. The summed E-state index contributed by atoms with van der Waals surface area (Å²) in [6, 6.07) is 4.76. The fourth-order valence-corrected chi connectivity index (χ4v) is 2.37. The topological polar surface area (TPSA) is 39.9 Å². The van der Waals surface area contributed by atoms with Crippen LogP contribution in [0.5, 0.6) is 0 Å². The average molecular weight is 290 g/mol. The third-order valence-electron chi connectivity index (χ3n) is 3.12. The van der Waals surface area contributed by atoms with Crippen LogP contribution in [0, 0.1) is 17.2 Å². The zero-order chi connectivity index (χ0) is 14.0. The Labute approximate surface area is 113 Å². The third kappa shape index (κ3) is 3.29. The molecule has 0 aromatic carbocycles. The van der Waals surface area contributed by atoms with Crippen LogP contribution in [0.25, 0.3) is 0 Å². The number of hydrogen-bond acceptors (Lipinski definition) is 3. The predicted molar refractivity (Wildman–Crippen MR) is 65.0 cm³/mol. The number of pyridine rings is 1. The number of piperidine rings is 1. The summed E-state index contributed by atoms with van der Waals surface area (Å²) in [5, 5.41) is 8.95. The summed E-state index contributed by atoms with van der Waals surface area (Å²) in [6.07, 6.45) is -3.62. The van der Waals surface area contributed by atoms with Crippen molar-refractivity contribution in [2.75, 3.05) is 18.0 Å². The van der Waals surface area contributed by atoms with E-state index in [-0.39, 0.29) is 18.1 Å². The van der Waals surface area contributed by atoms with E-state index in [1.807, 2.05) is 6.07 Å². The lowest BCUT2D eigenvalue weighted by molar-refractivity contribution is -0.176. The van der Waals surface area contributed by atoms with Crippen LogP contribution >= 0.6 is 11.6 Å². The smallest absolute Gasteiger partial charge is 0.356 e. The van der Waals surface area contributed by atoms with E-state index < -0.39 is 12.1 Å². The van der Waals surface area contributed by atoms with Crippen molar-refractivity contribution in [3.8, 4) is 6.07 Å². The zero-order valence-corrected chi connectivity index (χ0v) is 10.7. The van der Waals surface area contributed by atoms with Gasteiger partial charge in [0, 0.05) is 13.1 Å². The molecule has 0 saturated carbocycles. The van der Waals surface area contributed by atoms with Gasteiger partial charge in [-0.3, -0.25) is 0 Å². The van der Waals surface area contributed by atoms with Crippen molar-refractivity contribution in [3.05, 3.63) is 22.8 Å². The van der Waals surface area contributed by atoms with E-state index in [1.54, 1.807) is 0 Å². The van der Waals surface area contributed by atoms with Crippen LogP contribution in [-0.4, -0.2) is 24.2 Å². The lowest BCUT2D eigenvalue weighted by atomic mass is 9.97. The van der Waals surface area contributed by atoms with Crippen LogP contribution in [0.15, 0.2) is 12.1 Å². The van der Waals surface area contributed by atoms with Gasteiger partial charge in [-0.15, -0.1) is 0 Å². The predicted octanol–water partition coefficient (Wildman–Crippen LogP) is 3.39. The van der Waals surface area contributed by atoms with Crippen molar-refractivity contribution >= 4 is 17.4 Å². The normalized spacial score (nSPS) is 20.2. The molecule has 2 heterocycles. The molecule has 0 radical (unpaired) electrons. The minimum absolute atomic E-state index is 0.114. The monoisotopic (exact) mass is 289 g/mol. The molecule has 1 aromatic rings. The Kier molecular flexibility index (Phi) is 3.85. The summed E-state index contributed by atoms with van der Waals surface area (Å²) >= 11 is 5.76. The van der Waals surface area contributed by atoms with Gasteiger partial charge in [0.15, 0.2) is 0 Å². The molecule has 1 unspecified atom stereocenters. The number of nitrogens with zero attached hydrogens (tertiary/aromatic N) is 3. The number of hydrogen-bond donors (Lipinski definition) is 0. The zero-order valence-electron chi connectivity index (χ0n) is 9.91. The van der Waals surface area contributed by atoms with Gasteiger partial charge in [0.1, 0.15) is 11.0 Å². The van der Waals surface area contributed by atoms with Gasteiger partial charge in [-0.05, 0) is 25.0 Å². The van der Waals surface area contributed by atoms with E-state index in [9.17, 15) is 13.2 Å². The second-order valence-electron chi connectivity index (χ2n) is 4.48. The molecule has 1 aliphatic rings. The van der Waals surface area contributed by atoms with Crippen LogP contribution < -0.4 is 4.90 Å². The Hall–Kier alpha value is -1.48. The SMILES string of the molecule is N#Cc1cc(Cl)nc(N2CCCC(C(F)(F)F)C2)c1. The first-order valence-electron chi connectivity index (χ1n) is 5.79. The fraction of sp³-hybridized carbons (Fsp3) is 0.500. The molecule has 19 heavy (non-hydrogen) atoms. The maximum absolute atomic E-state index is 12.7. The van der Waals surface area contributed by atoms with Crippen molar-refractivity contribution < 1.29 is 13.2 Å². The van der Waals surface area contributed by atoms with E-state index in [0.717, 1.165) is 0 Å². The Bertz CT molecular complexity index is 510. The van der Waals surface area contributed by atoms with Gasteiger partial charge in [0.05, 0.1) is 17.6 Å². The minimum atomic E-state index is -4.20. The standard InChI is InChI=1S/C12H11ClF3N3/c13-10-4-8(6-17)5-11(18-10)19-3-1-2-9(7-19)12(14,15)16/h4-5,9H,1-3,7H2. The van der Waals surface area contributed by atoms with Crippen LogP contribution in [0.1, 0.15) is 18.4 Å². The maximum atomic E-state index is 12.7. The first kappa shape index (κ1) is 13.9. The molecular weight excluding hydrogens is 279 g/mol. The van der Waals surface area contributed by atoms with Gasteiger partial charge in [0.25, 0.3) is 0 Å². The lowest BCUT2D eigenvalue weighted by Gasteiger charge is -2.34. The Balaban J connectivity index is 2.22. The van der Waals surface area contributed by atoms with Crippen molar-refractivity contribution in [2.45, 2.75) is 19.0 Å². The maximum Gasteiger partial charge on any atom is 0.393 e. The highest BCUT2D eigenvalue weighted by Gasteiger charge is 2.42. The van der Waals surface area contributed by atoms with Gasteiger partial charge < -0.3 is 4.90 Å². The fourth-order valence-electron chi connectivity index (χ4n) is 2.16. The number of nitriles is 1. The lowest BCUT2D eigenvalue weighted by Crippen LogP contribution is -2.42. The Morgan fingerprint density at radius 3 is 2.79 bits per heavy atom. The molecule has 3 nitrogen and oxygen atoms in total. The number of anilines is 1. The summed E-state index contributed by atoms with van der Waals surface area (Å²) in [7, 11) is 0. The molecule has 102 valence electrons. The number of rotatable bonds is 1. The molecule has 0 spiro atoms. The third-order valence-corrected chi connectivity index (χ3v) is 3.31. The molecule has 1 atom stereocenters. The van der Waals surface area contributed by atoms with Gasteiger partial charge in [-0.1, -0.05) is 11.6 Å². The second kappa shape index (κ2) is 5.25. The average Bonchev–Trinajstić information content (AvgIpc) is 2.37. The van der Waals surface area contributed by atoms with Crippen LogP contribution in [0.4, 0.5) is 19.0 Å². The van der Waals surface area contributed by atoms with E-state index in [0.29, 0.717) is 24.3 Å². The van der Waals surface area contributed by atoms with E-state index >= 15 is 0 Å². The number of halogens is 4. The molecule has 1 saturated heterocycles. The molecule has 0 aliphatic carbocycles. The van der Waals surface area contributed by atoms with E-state index in [4.69, 9.17) is 16.9 Å². The molecule has 0 amide bonds. The highest BCUT2D eigenvalue weighted by Crippen LogP contribution is 2.34. The van der Waals surface area contributed by atoms with Gasteiger partial charge >= 0.3 is 6.18 Å². The van der Waals surface area contributed by atoms with Gasteiger partial charge in [-0.2, -0.15) is 18.4 Å². The molecule has 7 heteroatoms. The first-order chi connectivity index (χ1) is 8.90. The van der Waals surface area contributed by atoms with Gasteiger partial charge in [0.2, 0.25) is 0 Å². The largest absolute Gasteiger partial charge is 0.393 e. The second-order valence-corrected chi connectivity index (χ2v) is 4.86. The van der Waals surface area contributed by atoms with Crippen molar-refractivity contribution in [3.63, 3.8) is 0 Å². The number of aromatic nitrogens is 1. The Morgan fingerprint density at radius 2 is 2.16 bits per heavy atom. The van der Waals surface area contributed by atoms with Crippen LogP contribution in [-0.2, 0) is 0 Å². The van der Waals surface area contributed by atoms with E-state index in [1.165, 1.54) is 17.0 Å². The number of alkyl halides is 3. The van der Waals surface area contributed by atoms with Crippen molar-refractivity contribution in [2.24, 2.45) is 5.92 Å². The van der Waals surface area contributed by atoms with E-state index in [2.05, 4.69) is 4.98 Å². The molecule has 1 aliphatic heterocycles. The highest BCUT2D eigenvalue weighted by molar-refractivity contribution is 6.29. The quantitative estimate of drug-likeness (QED) is 0.744. The minimum Gasteiger partial charge on any atom is -0.356 e. The molecule has 2 rings (SSSR count). The summed E-state index contributed by atoms with van der Waals surface area (Å²) in [4.78, 5) is 5.53. The molecule has 0 N–H and O–H groups in total. The summed E-state index contributed by atoms with van der Waals surface area (Å²) in [5.74, 6) is -1.02. The summed E-state index contributed by atoms with van der Waals surface area (Å²) in [6.45, 7) is 0.354. The Morgan fingerprint density at radius 1 is 1.42 bits per heavy atom. The summed E-state index contributed by atoms with van der Waals surface area (Å²) < 4.78 is 38.2. The highest BCUT2D eigenvalue weighted by atomic mass is 35.5. The molecule has 1 fully saturated rings. The van der Waals surface area contributed by atoms with Crippen molar-refractivity contribution in [1.29, 1.82) is 5.26 Å². The van der Waals surface area contributed by atoms with Crippen LogP contribution in [0.2, 0.25) is 5.15 Å². The molecule has 1 aromatic heterocycles. The van der Waals surface area contributed by atoms with Gasteiger partial charge in [-0.25, -0.2) is 4.98 Å². The molecule has 0 bridgehead atoms. The molecular formula is C12H11ClF3N3. The van der Waals surface area contributed by atoms with Crippen molar-refractivity contribution in [1.82, 2.24) is 4.98 Å². The van der Waals surface area contributed by atoms with Crippen LogP contribution in [0.3, 0.4) is 0 Å².